The fourth-order valence-electron chi connectivity index (χ4n) is 3.15. The summed E-state index contributed by atoms with van der Waals surface area (Å²) in [7, 11) is -3.23. The molecule has 0 radical (unpaired) electrons. The van der Waals surface area contributed by atoms with Gasteiger partial charge in [-0.2, -0.15) is 0 Å². The molecule has 1 heterocycles. The molecule has 0 fully saturated rings. The van der Waals surface area contributed by atoms with Crippen molar-refractivity contribution in [2.75, 3.05) is 6.26 Å². The third kappa shape index (κ3) is 6.35. The van der Waals surface area contributed by atoms with Gasteiger partial charge in [-0.25, -0.2) is 13.2 Å². The van der Waals surface area contributed by atoms with Gasteiger partial charge in [0, 0.05) is 12.8 Å². The Kier molecular flexibility index (Phi) is 7.80. The molecular formula is C23H19N2NaO6S. The molecule has 0 atom stereocenters. The molecule has 0 spiro atoms. The van der Waals surface area contributed by atoms with E-state index in [9.17, 15) is 18.0 Å². The quantitative estimate of drug-likeness (QED) is 0.331. The minimum atomic E-state index is -3.23. The fourth-order valence-corrected chi connectivity index (χ4v) is 3.78. The normalized spacial score (nSPS) is 11.1. The van der Waals surface area contributed by atoms with Gasteiger partial charge in [-0.15, -0.1) is 0 Å². The summed E-state index contributed by atoms with van der Waals surface area (Å²) in [6.45, 7) is 0.449. The number of nitrogens with zero attached hydrogens (tertiary/aromatic N) is 2. The number of sulfone groups is 1. The first-order valence-electron chi connectivity index (χ1n) is 9.64. The van der Waals surface area contributed by atoms with Crippen molar-refractivity contribution in [1.29, 1.82) is 0 Å². The second kappa shape index (κ2) is 10.4. The average Bonchev–Trinajstić information content (AvgIpc) is 3.09. The first-order chi connectivity index (χ1) is 15.3. The van der Waals surface area contributed by atoms with Crippen molar-refractivity contribution in [1.82, 2.24) is 9.72 Å². The minimum absolute atomic E-state index is 0. The topological polar surface area (TPSA) is 110 Å². The first-order valence-corrected chi connectivity index (χ1v) is 11.5. The van der Waals surface area contributed by atoms with Crippen molar-refractivity contribution in [2.24, 2.45) is 0 Å². The Hall–Kier alpha value is -2.85. The summed E-state index contributed by atoms with van der Waals surface area (Å²) in [5, 5.41) is 0. The molecule has 0 N–H and O–H groups in total. The predicted molar refractivity (Wildman–Crippen MR) is 117 cm³/mol. The Labute approximate surface area is 212 Å². The third-order valence-corrected chi connectivity index (χ3v) is 5.91. The maximum absolute atomic E-state index is 11.6. The molecule has 0 aliphatic rings. The van der Waals surface area contributed by atoms with Gasteiger partial charge in [0.05, 0.1) is 4.90 Å². The molecule has 3 aromatic carbocycles. The average molecular weight is 474 g/mol. The van der Waals surface area contributed by atoms with E-state index >= 15 is 0 Å². The second-order valence-corrected chi connectivity index (χ2v) is 9.23. The molecule has 4 rings (SSSR count). The van der Waals surface area contributed by atoms with E-state index in [2.05, 4.69) is 4.98 Å². The number of hydrogen-bond donors (Lipinski definition) is 0. The van der Waals surface area contributed by atoms with Crippen LogP contribution in [0.5, 0.6) is 5.75 Å². The SMILES string of the molecule is CS(=O)(=O)c1ccc(-c2cccc(COc3ccc(Cn4oc(=O)[n-]c4=O)cc3)c2)cc1.[Na+]. The minimum Gasteiger partial charge on any atom is -0.489 e. The number of rotatable bonds is 7. The number of aromatic nitrogens is 2. The fraction of sp³-hybridized carbons (Fsp3) is 0.130. The van der Waals surface area contributed by atoms with E-state index in [0.29, 0.717) is 12.4 Å². The molecule has 4 aromatic rings. The van der Waals surface area contributed by atoms with Crippen LogP contribution in [0.15, 0.2) is 91.8 Å². The summed E-state index contributed by atoms with van der Waals surface area (Å²) in [6, 6.07) is 21.6. The maximum Gasteiger partial charge on any atom is 1.00 e. The van der Waals surface area contributed by atoms with Gasteiger partial charge in [-0.3, -0.25) is 9.53 Å². The van der Waals surface area contributed by atoms with Crippen LogP contribution in [-0.2, 0) is 23.0 Å². The van der Waals surface area contributed by atoms with E-state index in [0.717, 1.165) is 27.0 Å². The van der Waals surface area contributed by atoms with Crippen LogP contribution in [0.4, 0.5) is 0 Å². The Bertz CT molecular complexity index is 1450. The van der Waals surface area contributed by atoms with E-state index in [-0.39, 0.29) is 41.0 Å². The van der Waals surface area contributed by atoms with Gasteiger partial charge in [-0.05, 0) is 52.6 Å². The van der Waals surface area contributed by atoms with Gasteiger partial charge in [0.2, 0.25) is 0 Å². The molecule has 0 saturated carbocycles. The van der Waals surface area contributed by atoms with E-state index in [1.54, 1.807) is 48.5 Å². The van der Waals surface area contributed by atoms with Crippen molar-refractivity contribution in [2.45, 2.75) is 18.0 Å². The molecule has 0 aliphatic heterocycles. The van der Waals surface area contributed by atoms with Gasteiger partial charge in [0.15, 0.2) is 15.5 Å². The van der Waals surface area contributed by atoms with Crippen LogP contribution in [0.25, 0.3) is 11.1 Å². The number of benzene rings is 3. The molecule has 0 bridgehead atoms. The van der Waals surface area contributed by atoms with E-state index < -0.39 is 21.3 Å². The van der Waals surface area contributed by atoms with Crippen LogP contribution in [0.2, 0.25) is 0 Å². The molecule has 0 unspecified atom stereocenters. The van der Waals surface area contributed by atoms with E-state index in [1.165, 1.54) is 6.26 Å². The molecule has 10 heteroatoms. The smallest absolute Gasteiger partial charge is 0.489 e. The Morgan fingerprint density at radius 2 is 1.61 bits per heavy atom. The second-order valence-electron chi connectivity index (χ2n) is 7.22. The number of hydrogen-bond acceptors (Lipinski definition) is 6. The molecular weight excluding hydrogens is 455 g/mol. The molecule has 8 nitrogen and oxygen atoms in total. The van der Waals surface area contributed by atoms with E-state index in [4.69, 9.17) is 9.26 Å². The molecule has 0 aliphatic carbocycles. The van der Waals surface area contributed by atoms with Crippen molar-refractivity contribution >= 4 is 9.84 Å². The number of ether oxygens (including phenoxy) is 1. The van der Waals surface area contributed by atoms with Crippen molar-refractivity contribution in [3.05, 3.63) is 105 Å². The summed E-state index contributed by atoms with van der Waals surface area (Å²) in [5.41, 5.74) is 2.86. The van der Waals surface area contributed by atoms with E-state index in [1.807, 2.05) is 24.3 Å². The van der Waals surface area contributed by atoms with Gasteiger partial charge >= 0.3 is 35.3 Å². The van der Waals surface area contributed by atoms with Crippen molar-refractivity contribution in [3.63, 3.8) is 0 Å². The van der Waals surface area contributed by atoms with Crippen LogP contribution >= 0.6 is 0 Å². The van der Waals surface area contributed by atoms with Gasteiger partial charge in [-0.1, -0.05) is 42.5 Å². The summed E-state index contributed by atoms with van der Waals surface area (Å²) in [6.07, 6.45) is 1.18. The van der Waals surface area contributed by atoms with Crippen LogP contribution in [0.1, 0.15) is 11.1 Å². The summed E-state index contributed by atoms with van der Waals surface area (Å²) in [4.78, 5) is 25.9. The van der Waals surface area contributed by atoms with Crippen LogP contribution in [0.3, 0.4) is 0 Å². The Morgan fingerprint density at radius 1 is 0.909 bits per heavy atom. The van der Waals surface area contributed by atoms with Crippen LogP contribution < -0.4 is 50.7 Å². The maximum atomic E-state index is 11.6. The zero-order valence-electron chi connectivity index (χ0n) is 18.1. The van der Waals surface area contributed by atoms with Gasteiger partial charge in [0.25, 0.3) is 0 Å². The van der Waals surface area contributed by atoms with Crippen molar-refractivity contribution in [3.8, 4) is 16.9 Å². The molecule has 0 amide bonds. The molecule has 1 aromatic heterocycles. The zero-order valence-corrected chi connectivity index (χ0v) is 20.9. The molecule has 33 heavy (non-hydrogen) atoms. The third-order valence-electron chi connectivity index (χ3n) is 4.79. The molecule has 164 valence electrons. The Morgan fingerprint density at radius 3 is 2.21 bits per heavy atom. The van der Waals surface area contributed by atoms with Gasteiger partial charge in [0.1, 0.15) is 12.4 Å². The monoisotopic (exact) mass is 474 g/mol. The Balaban J connectivity index is 0.00000306. The largest absolute Gasteiger partial charge is 1.00 e. The summed E-state index contributed by atoms with van der Waals surface area (Å²) < 4.78 is 34.7. The summed E-state index contributed by atoms with van der Waals surface area (Å²) in [5.74, 6) is -0.269. The predicted octanol–water partition coefficient (Wildman–Crippen LogP) is -0.539. The first kappa shape index (κ1) is 24.8. The van der Waals surface area contributed by atoms with Gasteiger partial charge < -0.3 is 14.2 Å². The van der Waals surface area contributed by atoms with Crippen LogP contribution in [-0.4, -0.2) is 19.4 Å². The van der Waals surface area contributed by atoms with Crippen molar-refractivity contribution < 1.29 is 47.2 Å². The zero-order chi connectivity index (χ0) is 22.7. The van der Waals surface area contributed by atoms with Crippen LogP contribution in [0, 0.1) is 0 Å². The summed E-state index contributed by atoms with van der Waals surface area (Å²) >= 11 is 0. The molecule has 0 saturated heterocycles. The standard InChI is InChI=1S/C23H20N2O6S.Na/c1-32(28,29)21-11-7-18(8-12-21)19-4-2-3-17(13-19)15-30-20-9-5-16(6-10-20)14-25-22(26)24-23(27)31-25;/h2-13H,14-15H2,1H3,(H,24,26,27);/q;+1/p-1.